The standard InChI is InChI=1S/C13H18N2O4/c1-13(2,3)19-12(18)10-8-6-7(11(16)17)4-5-9(8)14-15-10/h7H,4-6H2,1-3H3,(H,14,15)(H,16,17). The number of fused-ring (bicyclic) bond motifs is 1. The Morgan fingerprint density at radius 2 is 2.11 bits per heavy atom. The highest BCUT2D eigenvalue weighted by Gasteiger charge is 2.31. The molecule has 104 valence electrons. The van der Waals surface area contributed by atoms with Gasteiger partial charge in [0.25, 0.3) is 0 Å². The second kappa shape index (κ2) is 4.68. The van der Waals surface area contributed by atoms with E-state index in [1.165, 1.54) is 0 Å². The zero-order valence-corrected chi connectivity index (χ0v) is 11.3. The van der Waals surface area contributed by atoms with Crippen LogP contribution in [-0.4, -0.2) is 32.8 Å². The number of nitrogens with zero attached hydrogens (tertiary/aromatic N) is 1. The zero-order valence-electron chi connectivity index (χ0n) is 11.3. The molecule has 2 rings (SSSR count). The molecule has 1 atom stereocenters. The van der Waals surface area contributed by atoms with Crippen LogP contribution in [0.5, 0.6) is 0 Å². The summed E-state index contributed by atoms with van der Waals surface area (Å²) in [6.45, 7) is 5.35. The average Bonchev–Trinajstić information content (AvgIpc) is 2.68. The van der Waals surface area contributed by atoms with Crippen LogP contribution >= 0.6 is 0 Å². The van der Waals surface area contributed by atoms with Crippen molar-refractivity contribution < 1.29 is 19.4 Å². The number of carboxylic acids is 1. The van der Waals surface area contributed by atoms with Gasteiger partial charge in [0.15, 0.2) is 5.69 Å². The van der Waals surface area contributed by atoms with Crippen LogP contribution in [0.2, 0.25) is 0 Å². The summed E-state index contributed by atoms with van der Waals surface area (Å²) in [4.78, 5) is 23.1. The second-order valence-electron chi connectivity index (χ2n) is 5.81. The highest BCUT2D eigenvalue weighted by molar-refractivity contribution is 5.89. The summed E-state index contributed by atoms with van der Waals surface area (Å²) in [7, 11) is 0. The van der Waals surface area contributed by atoms with E-state index in [9.17, 15) is 9.59 Å². The van der Waals surface area contributed by atoms with Crippen LogP contribution in [0.15, 0.2) is 0 Å². The van der Waals surface area contributed by atoms with Crippen LogP contribution < -0.4 is 0 Å². The fourth-order valence-electron chi connectivity index (χ4n) is 2.20. The van der Waals surface area contributed by atoms with Crippen molar-refractivity contribution in [3.63, 3.8) is 0 Å². The largest absolute Gasteiger partial charge is 0.481 e. The van der Waals surface area contributed by atoms with Crippen LogP contribution in [-0.2, 0) is 22.4 Å². The number of hydrogen-bond donors (Lipinski definition) is 2. The van der Waals surface area contributed by atoms with E-state index in [0.717, 1.165) is 5.69 Å². The van der Waals surface area contributed by atoms with Gasteiger partial charge in [-0.1, -0.05) is 0 Å². The first-order chi connectivity index (χ1) is 8.78. The van der Waals surface area contributed by atoms with Gasteiger partial charge < -0.3 is 9.84 Å². The zero-order chi connectivity index (χ0) is 14.2. The molecule has 0 aliphatic heterocycles. The number of hydrogen-bond acceptors (Lipinski definition) is 4. The maximum Gasteiger partial charge on any atom is 0.359 e. The molecule has 19 heavy (non-hydrogen) atoms. The third-order valence-corrected chi connectivity index (χ3v) is 3.09. The highest BCUT2D eigenvalue weighted by Crippen LogP contribution is 2.27. The first kappa shape index (κ1) is 13.6. The Kier molecular flexibility index (Phi) is 3.34. The Bertz CT molecular complexity index is 513. The van der Waals surface area contributed by atoms with Crippen molar-refractivity contribution in [3.8, 4) is 0 Å². The summed E-state index contributed by atoms with van der Waals surface area (Å²) in [6, 6.07) is 0. The molecule has 0 bridgehead atoms. The van der Waals surface area contributed by atoms with Crippen LogP contribution in [0.4, 0.5) is 0 Å². The number of carboxylic acid groups (broad SMARTS) is 1. The molecule has 0 saturated heterocycles. The Hall–Kier alpha value is -1.85. The molecule has 0 radical (unpaired) electrons. The minimum Gasteiger partial charge on any atom is -0.481 e. The number of carbonyl (C=O) groups excluding carboxylic acids is 1. The number of ether oxygens (including phenoxy) is 1. The Labute approximate surface area is 111 Å². The summed E-state index contributed by atoms with van der Waals surface area (Å²) in [5, 5.41) is 15.9. The number of rotatable bonds is 2. The summed E-state index contributed by atoms with van der Waals surface area (Å²) < 4.78 is 5.28. The van der Waals surface area contributed by atoms with Gasteiger partial charge in [0, 0.05) is 11.3 Å². The molecule has 1 aliphatic carbocycles. The number of aromatic nitrogens is 2. The molecule has 1 heterocycles. The first-order valence-electron chi connectivity index (χ1n) is 6.30. The molecule has 1 aromatic heterocycles. The molecule has 0 aromatic carbocycles. The van der Waals surface area contributed by atoms with Crippen molar-refractivity contribution in [1.82, 2.24) is 10.2 Å². The third-order valence-electron chi connectivity index (χ3n) is 3.09. The molecule has 2 N–H and O–H groups in total. The Morgan fingerprint density at radius 3 is 2.68 bits per heavy atom. The molecular formula is C13H18N2O4. The average molecular weight is 266 g/mol. The number of esters is 1. The highest BCUT2D eigenvalue weighted by atomic mass is 16.6. The van der Waals surface area contributed by atoms with Gasteiger partial charge in [-0.05, 0) is 40.0 Å². The van der Waals surface area contributed by atoms with Crippen molar-refractivity contribution >= 4 is 11.9 Å². The lowest BCUT2D eigenvalue weighted by atomic mass is 9.86. The van der Waals surface area contributed by atoms with E-state index in [4.69, 9.17) is 9.84 Å². The molecule has 1 aliphatic rings. The van der Waals surface area contributed by atoms with E-state index in [1.807, 2.05) is 0 Å². The quantitative estimate of drug-likeness (QED) is 0.792. The van der Waals surface area contributed by atoms with E-state index < -0.39 is 23.5 Å². The van der Waals surface area contributed by atoms with Gasteiger partial charge in [0.05, 0.1) is 5.92 Å². The van der Waals surface area contributed by atoms with Crippen molar-refractivity contribution in [2.45, 2.75) is 45.6 Å². The van der Waals surface area contributed by atoms with Crippen molar-refractivity contribution in [1.29, 1.82) is 0 Å². The van der Waals surface area contributed by atoms with E-state index in [1.54, 1.807) is 20.8 Å². The van der Waals surface area contributed by atoms with Gasteiger partial charge >= 0.3 is 11.9 Å². The van der Waals surface area contributed by atoms with Gasteiger partial charge in [-0.15, -0.1) is 0 Å². The summed E-state index contributed by atoms with van der Waals surface area (Å²) >= 11 is 0. The molecule has 0 saturated carbocycles. The molecule has 1 aromatic rings. The number of nitrogens with one attached hydrogen (secondary N) is 1. The Balaban J connectivity index is 2.23. The van der Waals surface area contributed by atoms with Gasteiger partial charge in [0.1, 0.15) is 5.60 Å². The summed E-state index contributed by atoms with van der Waals surface area (Å²) in [6.07, 6.45) is 1.50. The lowest BCUT2D eigenvalue weighted by Crippen LogP contribution is -2.26. The minimum absolute atomic E-state index is 0.218. The van der Waals surface area contributed by atoms with Crippen LogP contribution in [0.25, 0.3) is 0 Å². The number of aliphatic carboxylic acids is 1. The van der Waals surface area contributed by atoms with Crippen LogP contribution in [0.1, 0.15) is 48.9 Å². The lowest BCUT2D eigenvalue weighted by Gasteiger charge is -2.21. The predicted molar refractivity (Wildman–Crippen MR) is 66.9 cm³/mol. The number of aromatic amines is 1. The second-order valence-corrected chi connectivity index (χ2v) is 5.81. The fraction of sp³-hybridized carbons (Fsp3) is 0.615. The Morgan fingerprint density at radius 1 is 1.42 bits per heavy atom. The summed E-state index contributed by atoms with van der Waals surface area (Å²) in [5.41, 5.74) is 1.16. The minimum atomic E-state index is -0.831. The predicted octanol–water partition coefficient (Wildman–Crippen LogP) is 1.55. The van der Waals surface area contributed by atoms with Gasteiger partial charge in [-0.3, -0.25) is 9.89 Å². The van der Waals surface area contributed by atoms with Gasteiger partial charge in [0.2, 0.25) is 0 Å². The molecular weight excluding hydrogens is 248 g/mol. The maximum atomic E-state index is 12.0. The van der Waals surface area contributed by atoms with Crippen molar-refractivity contribution in [2.75, 3.05) is 0 Å². The molecule has 1 unspecified atom stereocenters. The van der Waals surface area contributed by atoms with Gasteiger partial charge in [-0.25, -0.2) is 4.79 Å². The molecule has 0 fully saturated rings. The molecule has 6 nitrogen and oxygen atoms in total. The number of carbonyl (C=O) groups is 2. The van der Waals surface area contributed by atoms with E-state index in [2.05, 4.69) is 10.2 Å². The maximum absolute atomic E-state index is 12.0. The molecule has 6 heteroatoms. The topological polar surface area (TPSA) is 92.3 Å². The number of aryl methyl sites for hydroxylation is 1. The smallest absolute Gasteiger partial charge is 0.359 e. The molecule has 0 amide bonds. The van der Waals surface area contributed by atoms with Crippen molar-refractivity contribution in [2.24, 2.45) is 5.92 Å². The van der Waals surface area contributed by atoms with E-state index in [0.29, 0.717) is 24.8 Å². The third kappa shape index (κ3) is 2.94. The monoisotopic (exact) mass is 266 g/mol. The SMILES string of the molecule is CC(C)(C)OC(=O)c1n[nH]c2c1CC(C(=O)O)CC2. The van der Waals surface area contributed by atoms with E-state index in [-0.39, 0.29) is 5.69 Å². The van der Waals surface area contributed by atoms with Crippen molar-refractivity contribution in [3.05, 3.63) is 17.0 Å². The summed E-state index contributed by atoms with van der Waals surface area (Å²) in [5.74, 6) is -1.79. The molecule has 0 spiro atoms. The first-order valence-corrected chi connectivity index (χ1v) is 6.30. The van der Waals surface area contributed by atoms with E-state index >= 15 is 0 Å². The lowest BCUT2D eigenvalue weighted by molar-refractivity contribution is -0.142. The van der Waals surface area contributed by atoms with Crippen LogP contribution in [0, 0.1) is 5.92 Å². The van der Waals surface area contributed by atoms with Gasteiger partial charge in [-0.2, -0.15) is 5.10 Å². The van der Waals surface area contributed by atoms with Crippen LogP contribution in [0.3, 0.4) is 0 Å². The number of H-pyrrole nitrogens is 1. The fourth-order valence-corrected chi connectivity index (χ4v) is 2.20. The normalized spacial score (nSPS) is 18.8.